The highest BCUT2D eigenvalue weighted by Crippen LogP contribution is 2.40. The Labute approximate surface area is 130 Å². The minimum Gasteiger partial charge on any atom is -0.377 e. The van der Waals surface area contributed by atoms with Crippen LogP contribution in [0.1, 0.15) is 12.5 Å². The van der Waals surface area contributed by atoms with E-state index in [1.165, 1.54) is 44.2 Å². The largest absolute Gasteiger partial charge is 0.377 e. The third-order valence-corrected chi connectivity index (χ3v) is 4.58. The molecule has 0 bridgehead atoms. The molecule has 1 heterocycles. The molecule has 2 aromatic rings. The van der Waals surface area contributed by atoms with E-state index >= 15 is 0 Å². The van der Waals surface area contributed by atoms with Crippen molar-refractivity contribution in [3.05, 3.63) is 54.1 Å². The maximum atomic E-state index is 3.65. The molecule has 1 N–H and O–H groups in total. The summed E-state index contributed by atoms with van der Waals surface area (Å²) < 4.78 is 0. The minimum atomic E-state index is 1.02. The van der Waals surface area contributed by atoms with Crippen LogP contribution in [0.5, 0.6) is 0 Å². The quantitative estimate of drug-likeness (QED) is 0.546. The number of anilines is 1. The predicted octanol–water partition coefficient (Wildman–Crippen LogP) is 5.05. The van der Waals surface area contributed by atoms with E-state index in [2.05, 4.69) is 79.4 Å². The van der Waals surface area contributed by atoms with E-state index in [-0.39, 0.29) is 0 Å². The Kier molecular flexibility index (Phi) is 2.86. The molecule has 0 unspecified atom stereocenters. The molecule has 0 aliphatic heterocycles. The number of fused-ring (bicyclic) bond motifs is 4. The third kappa shape index (κ3) is 1.73. The molecule has 0 amide bonds. The molecular formula is C20H20N2. The first kappa shape index (κ1) is 13.2. The molecule has 1 aromatic heterocycles. The highest BCUT2D eigenvalue weighted by molar-refractivity contribution is 6.11. The Morgan fingerprint density at radius 2 is 1.68 bits per heavy atom. The lowest BCUT2D eigenvalue weighted by molar-refractivity contribution is 1.13. The van der Waals surface area contributed by atoms with Gasteiger partial charge in [0.05, 0.1) is 5.52 Å². The van der Waals surface area contributed by atoms with Gasteiger partial charge in [-0.1, -0.05) is 43.3 Å². The fourth-order valence-corrected chi connectivity index (χ4v) is 3.54. The average molecular weight is 288 g/mol. The summed E-state index contributed by atoms with van der Waals surface area (Å²) in [4.78, 5) is 5.86. The van der Waals surface area contributed by atoms with Gasteiger partial charge in [-0.25, -0.2) is 0 Å². The Bertz CT molecular complexity index is 947. The van der Waals surface area contributed by atoms with Gasteiger partial charge in [-0.15, -0.1) is 0 Å². The molecule has 2 aliphatic rings. The molecular weight excluding hydrogens is 268 g/mol. The summed E-state index contributed by atoms with van der Waals surface area (Å²) in [6.07, 6.45) is 1.02. The lowest BCUT2D eigenvalue weighted by atomic mass is 10.0. The van der Waals surface area contributed by atoms with Crippen molar-refractivity contribution in [3.63, 3.8) is 0 Å². The minimum absolute atomic E-state index is 1.02. The van der Waals surface area contributed by atoms with Crippen molar-refractivity contribution in [2.24, 2.45) is 0 Å². The number of hydrogen-bond acceptors (Lipinski definition) is 1. The van der Waals surface area contributed by atoms with Crippen LogP contribution in [0.3, 0.4) is 0 Å². The van der Waals surface area contributed by atoms with Crippen LogP contribution in [0.15, 0.2) is 48.5 Å². The van der Waals surface area contributed by atoms with Gasteiger partial charge in [0.1, 0.15) is 0 Å². The van der Waals surface area contributed by atoms with Crippen LogP contribution in [0.25, 0.3) is 32.9 Å². The van der Waals surface area contributed by atoms with Crippen LogP contribution >= 0.6 is 0 Å². The van der Waals surface area contributed by atoms with Crippen LogP contribution < -0.4 is 4.90 Å². The first-order valence-corrected chi connectivity index (χ1v) is 7.83. The van der Waals surface area contributed by atoms with Crippen LogP contribution in [-0.4, -0.2) is 19.1 Å². The van der Waals surface area contributed by atoms with Crippen molar-refractivity contribution in [1.82, 2.24) is 4.98 Å². The van der Waals surface area contributed by atoms with Crippen molar-refractivity contribution in [2.45, 2.75) is 13.3 Å². The van der Waals surface area contributed by atoms with E-state index in [0.717, 1.165) is 6.42 Å². The van der Waals surface area contributed by atoms with Crippen molar-refractivity contribution in [3.8, 4) is 11.1 Å². The number of nitrogens with one attached hydrogen (secondary N) is 1. The van der Waals surface area contributed by atoms with Crippen LogP contribution in [0.4, 0.5) is 5.69 Å². The fourth-order valence-electron chi connectivity index (χ4n) is 3.54. The van der Waals surface area contributed by atoms with Gasteiger partial charge >= 0.3 is 0 Å². The number of para-hydroxylation sites is 1. The predicted molar refractivity (Wildman–Crippen MR) is 96.1 cm³/mol. The van der Waals surface area contributed by atoms with Gasteiger partial charge in [0, 0.05) is 41.6 Å². The first-order valence-electron chi connectivity index (χ1n) is 7.83. The van der Waals surface area contributed by atoms with Crippen LogP contribution in [0.2, 0.25) is 0 Å². The molecule has 2 nitrogen and oxygen atoms in total. The first-order chi connectivity index (χ1) is 10.7. The molecule has 0 spiro atoms. The van der Waals surface area contributed by atoms with Gasteiger partial charge < -0.3 is 9.88 Å². The Balaban J connectivity index is 2.28. The number of rotatable bonds is 2. The van der Waals surface area contributed by atoms with E-state index < -0.39 is 0 Å². The lowest BCUT2D eigenvalue weighted by Crippen LogP contribution is -2.08. The van der Waals surface area contributed by atoms with Crippen LogP contribution in [0, 0.1) is 0 Å². The number of H-pyrrole nitrogens is 1. The van der Waals surface area contributed by atoms with Gasteiger partial charge in [0.15, 0.2) is 0 Å². The molecule has 0 saturated heterocycles. The molecule has 22 heavy (non-hydrogen) atoms. The number of aromatic nitrogens is 1. The lowest BCUT2D eigenvalue weighted by Gasteiger charge is -2.15. The van der Waals surface area contributed by atoms with Crippen molar-refractivity contribution in [2.75, 3.05) is 19.0 Å². The van der Waals surface area contributed by atoms with E-state index in [9.17, 15) is 0 Å². The summed E-state index contributed by atoms with van der Waals surface area (Å²) in [6, 6.07) is 17.5. The van der Waals surface area contributed by atoms with Gasteiger partial charge in [-0.3, -0.25) is 0 Å². The molecule has 0 fully saturated rings. The van der Waals surface area contributed by atoms with Gasteiger partial charge in [0.25, 0.3) is 0 Å². The molecule has 110 valence electrons. The normalized spacial score (nSPS) is 11.6. The zero-order valence-electron chi connectivity index (χ0n) is 13.3. The van der Waals surface area contributed by atoms with E-state index in [0.29, 0.717) is 0 Å². The Morgan fingerprint density at radius 1 is 0.909 bits per heavy atom. The molecule has 0 saturated carbocycles. The van der Waals surface area contributed by atoms with Gasteiger partial charge in [-0.05, 0) is 29.7 Å². The highest BCUT2D eigenvalue weighted by Gasteiger charge is 2.17. The van der Waals surface area contributed by atoms with E-state index in [1.807, 2.05) is 0 Å². The van der Waals surface area contributed by atoms with Crippen molar-refractivity contribution in [1.29, 1.82) is 0 Å². The topological polar surface area (TPSA) is 19.0 Å². The Hall–Kier alpha value is -2.48. The number of benzene rings is 1. The molecule has 2 heteroatoms. The summed E-state index contributed by atoms with van der Waals surface area (Å²) >= 11 is 0. The summed E-state index contributed by atoms with van der Waals surface area (Å²) in [5, 5.41) is 2.61. The maximum absolute atomic E-state index is 3.65. The second kappa shape index (κ2) is 4.77. The molecule has 0 atom stereocenters. The number of nitrogens with zero attached hydrogens (tertiary/aromatic N) is 1. The molecule has 0 radical (unpaired) electrons. The zero-order chi connectivity index (χ0) is 15.3. The van der Waals surface area contributed by atoms with E-state index in [4.69, 9.17) is 0 Å². The maximum Gasteiger partial charge on any atom is 0.0504 e. The van der Waals surface area contributed by atoms with Crippen molar-refractivity contribution >= 4 is 27.5 Å². The Morgan fingerprint density at radius 3 is 2.45 bits per heavy atom. The smallest absolute Gasteiger partial charge is 0.0504 e. The van der Waals surface area contributed by atoms with Gasteiger partial charge in [-0.2, -0.15) is 0 Å². The summed E-state index contributed by atoms with van der Waals surface area (Å²) in [7, 11) is 4.24. The molecule has 1 aromatic carbocycles. The summed E-state index contributed by atoms with van der Waals surface area (Å²) in [5.41, 5.74) is 7.84. The summed E-state index contributed by atoms with van der Waals surface area (Å²) in [6.45, 7) is 2.24. The molecule has 2 aliphatic carbocycles. The third-order valence-electron chi connectivity index (χ3n) is 4.58. The second-order valence-electron chi connectivity index (χ2n) is 6.07. The number of aromatic amines is 1. The molecule has 4 rings (SSSR count). The van der Waals surface area contributed by atoms with Gasteiger partial charge in [0.2, 0.25) is 0 Å². The SMILES string of the molecule is CCc1c2cccc-2c(N(C)C)cc2c1[nH]c1ccccc12. The zero-order valence-corrected chi connectivity index (χ0v) is 13.3. The standard InChI is InChI=1S/C20H20N2/c1-4-13-14-9-7-10-16(14)19(22(2)3)12-17-15-8-5-6-11-18(15)21-20(13)17/h5-12,21H,4H2,1-3H3. The average Bonchev–Trinajstić information content (AvgIpc) is 3.08. The van der Waals surface area contributed by atoms with Crippen molar-refractivity contribution < 1.29 is 0 Å². The fraction of sp³-hybridized carbons (Fsp3) is 0.200. The number of aryl methyl sites for hydroxylation is 1. The van der Waals surface area contributed by atoms with Crippen LogP contribution in [-0.2, 0) is 6.42 Å². The monoisotopic (exact) mass is 288 g/mol. The number of hydrogen-bond donors (Lipinski definition) is 1. The highest BCUT2D eigenvalue weighted by atomic mass is 15.1. The summed E-state index contributed by atoms with van der Waals surface area (Å²) in [5.74, 6) is 0. The van der Waals surface area contributed by atoms with E-state index in [1.54, 1.807) is 0 Å². The second-order valence-corrected chi connectivity index (χ2v) is 6.07.